The Hall–Kier alpha value is -1.63. The van der Waals surface area contributed by atoms with E-state index in [0.717, 1.165) is 50.8 Å². The molecule has 0 bridgehead atoms. The summed E-state index contributed by atoms with van der Waals surface area (Å²) < 4.78 is 0. The Balaban J connectivity index is 0.000000221. The van der Waals surface area contributed by atoms with Gasteiger partial charge in [0.25, 0.3) is 0 Å². The number of rotatable bonds is 2. The van der Waals surface area contributed by atoms with Crippen LogP contribution in [0.1, 0.15) is 40.3 Å². The summed E-state index contributed by atoms with van der Waals surface area (Å²) in [7, 11) is 2.23. The second-order valence-corrected chi connectivity index (χ2v) is 10.1. The molecule has 0 amide bonds. The van der Waals surface area contributed by atoms with Gasteiger partial charge in [0.15, 0.2) is 0 Å². The monoisotopic (exact) mass is 546 g/mol. The first kappa shape index (κ1) is 28.9. The highest BCUT2D eigenvalue weighted by Gasteiger charge is 2.36. The normalized spacial score (nSPS) is 23.6. The summed E-state index contributed by atoms with van der Waals surface area (Å²) >= 11 is 6.06. The van der Waals surface area contributed by atoms with Crippen LogP contribution in [-0.4, -0.2) is 62.7 Å². The Morgan fingerprint density at radius 3 is 2.14 bits per heavy atom. The van der Waals surface area contributed by atoms with Crippen molar-refractivity contribution in [3.05, 3.63) is 106 Å². The highest BCUT2D eigenvalue weighted by Crippen LogP contribution is 2.40. The Morgan fingerprint density at radius 1 is 0.750 bits per heavy atom. The number of piperazine rings is 2. The lowest BCUT2D eigenvalue weighted by Crippen LogP contribution is -2.50. The minimum atomic E-state index is 0. The van der Waals surface area contributed by atoms with Crippen molar-refractivity contribution in [2.24, 2.45) is 0 Å². The van der Waals surface area contributed by atoms with Crippen LogP contribution in [0.4, 0.5) is 0 Å². The topological polar surface area (TPSA) is 30.5 Å². The standard InChI is InChI=1S/C19H21ClN2.C10H14N2.2ClH/c1-21-10-11-22-12-18(14-6-8-15(20)9-7-14)16-4-2-3-5-17(16)19(22)13-21;1-2-4-9(5-3-1)10-8-11-6-7-12-10;;/h2-9,18-19H,10-13H2,1H3;1-5,10-12H,6-8H2;2*1H/t18-,19+;;;/m1.../s1. The number of likely N-dealkylation sites (N-methyl/N-ethyl adjacent to an activating group) is 1. The molecule has 3 aromatic rings. The minimum absolute atomic E-state index is 0. The van der Waals surface area contributed by atoms with Crippen LogP contribution in [0.15, 0.2) is 78.9 Å². The lowest BCUT2D eigenvalue weighted by atomic mass is 9.80. The summed E-state index contributed by atoms with van der Waals surface area (Å²) in [5.74, 6) is 0.452. The number of benzene rings is 3. The van der Waals surface area contributed by atoms with Crippen molar-refractivity contribution in [1.82, 2.24) is 20.4 Å². The number of nitrogens with one attached hydrogen (secondary N) is 2. The van der Waals surface area contributed by atoms with Gasteiger partial charge in [-0.15, -0.1) is 24.8 Å². The molecule has 0 aromatic heterocycles. The molecule has 7 heteroatoms. The molecule has 36 heavy (non-hydrogen) atoms. The van der Waals surface area contributed by atoms with Crippen molar-refractivity contribution >= 4 is 36.4 Å². The third-order valence-corrected chi connectivity index (χ3v) is 7.61. The third-order valence-electron chi connectivity index (χ3n) is 7.36. The van der Waals surface area contributed by atoms with Crippen LogP contribution in [-0.2, 0) is 0 Å². The first-order valence-corrected chi connectivity index (χ1v) is 12.8. The van der Waals surface area contributed by atoms with E-state index in [4.69, 9.17) is 11.6 Å². The smallest absolute Gasteiger partial charge is 0.0478 e. The molecule has 3 aliphatic heterocycles. The van der Waals surface area contributed by atoms with Crippen LogP contribution in [0.25, 0.3) is 0 Å². The van der Waals surface area contributed by atoms with Gasteiger partial charge in [-0.05, 0) is 41.4 Å². The molecule has 4 nitrogen and oxygen atoms in total. The molecule has 3 aliphatic rings. The molecule has 0 saturated carbocycles. The number of hydrogen-bond acceptors (Lipinski definition) is 4. The average Bonchev–Trinajstić information content (AvgIpc) is 2.90. The van der Waals surface area contributed by atoms with Crippen LogP contribution < -0.4 is 10.6 Å². The summed E-state index contributed by atoms with van der Waals surface area (Å²) in [6.45, 7) is 7.75. The van der Waals surface area contributed by atoms with E-state index in [0.29, 0.717) is 18.0 Å². The zero-order valence-corrected chi connectivity index (χ0v) is 23.2. The third kappa shape index (κ3) is 6.81. The van der Waals surface area contributed by atoms with E-state index in [1.165, 1.54) is 22.3 Å². The summed E-state index contributed by atoms with van der Waals surface area (Å²) in [5.41, 5.74) is 5.74. The van der Waals surface area contributed by atoms with E-state index < -0.39 is 0 Å². The fraction of sp³-hybridized carbons (Fsp3) is 0.379. The van der Waals surface area contributed by atoms with E-state index in [9.17, 15) is 0 Å². The maximum Gasteiger partial charge on any atom is 0.0478 e. The largest absolute Gasteiger partial charge is 0.314 e. The van der Waals surface area contributed by atoms with Crippen molar-refractivity contribution in [2.45, 2.75) is 18.0 Å². The predicted octanol–water partition coefficient (Wildman–Crippen LogP) is 5.54. The lowest BCUT2D eigenvalue weighted by molar-refractivity contribution is 0.0772. The molecule has 0 spiro atoms. The van der Waals surface area contributed by atoms with Gasteiger partial charge in [-0.2, -0.15) is 0 Å². The first-order chi connectivity index (χ1) is 16.7. The maximum absolute atomic E-state index is 6.06. The molecule has 2 fully saturated rings. The highest BCUT2D eigenvalue weighted by atomic mass is 35.5. The minimum Gasteiger partial charge on any atom is -0.314 e. The Labute approximate surface area is 233 Å². The van der Waals surface area contributed by atoms with Crippen LogP contribution in [0.2, 0.25) is 5.02 Å². The summed E-state index contributed by atoms with van der Waals surface area (Å²) in [4.78, 5) is 5.10. The number of nitrogens with zero attached hydrogens (tertiary/aromatic N) is 2. The van der Waals surface area contributed by atoms with E-state index in [2.05, 4.69) is 94.2 Å². The molecule has 2 N–H and O–H groups in total. The fourth-order valence-corrected chi connectivity index (χ4v) is 5.62. The van der Waals surface area contributed by atoms with Crippen LogP contribution in [0, 0.1) is 0 Å². The average molecular weight is 548 g/mol. The zero-order valence-electron chi connectivity index (χ0n) is 20.8. The summed E-state index contributed by atoms with van der Waals surface area (Å²) in [6.07, 6.45) is 0. The quantitative estimate of drug-likeness (QED) is 0.441. The molecule has 6 rings (SSSR count). The Bertz CT molecular complexity index is 1060. The lowest BCUT2D eigenvalue weighted by Gasteiger charge is -2.46. The van der Waals surface area contributed by atoms with Crippen LogP contribution in [0.5, 0.6) is 0 Å². The molecule has 3 heterocycles. The van der Waals surface area contributed by atoms with Crippen molar-refractivity contribution in [3.8, 4) is 0 Å². The highest BCUT2D eigenvalue weighted by molar-refractivity contribution is 6.30. The summed E-state index contributed by atoms with van der Waals surface area (Å²) in [6, 6.07) is 29.0. The molecule has 1 unspecified atom stereocenters. The van der Waals surface area contributed by atoms with Gasteiger partial charge < -0.3 is 15.5 Å². The van der Waals surface area contributed by atoms with Crippen molar-refractivity contribution in [2.75, 3.05) is 52.9 Å². The predicted molar refractivity (Wildman–Crippen MR) is 156 cm³/mol. The molecule has 0 radical (unpaired) electrons. The van der Waals surface area contributed by atoms with E-state index in [-0.39, 0.29) is 24.8 Å². The van der Waals surface area contributed by atoms with Crippen molar-refractivity contribution in [3.63, 3.8) is 0 Å². The van der Waals surface area contributed by atoms with Gasteiger partial charge in [0.1, 0.15) is 0 Å². The first-order valence-electron chi connectivity index (χ1n) is 12.4. The molecule has 3 atom stereocenters. The fourth-order valence-electron chi connectivity index (χ4n) is 5.49. The Morgan fingerprint density at radius 2 is 1.44 bits per heavy atom. The molecule has 3 aromatic carbocycles. The number of halogens is 3. The van der Waals surface area contributed by atoms with Gasteiger partial charge >= 0.3 is 0 Å². The van der Waals surface area contributed by atoms with Gasteiger partial charge in [-0.3, -0.25) is 4.90 Å². The van der Waals surface area contributed by atoms with E-state index >= 15 is 0 Å². The molecule has 2 saturated heterocycles. The summed E-state index contributed by atoms with van der Waals surface area (Å²) in [5, 5.41) is 7.65. The van der Waals surface area contributed by atoms with Crippen molar-refractivity contribution < 1.29 is 0 Å². The van der Waals surface area contributed by atoms with Gasteiger partial charge in [0.2, 0.25) is 0 Å². The van der Waals surface area contributed by atoms with Crippen molar-refractivity contribution in [1.29, 1.82) is 0 Å². The SMILES string of the molecule is CN1CCN2C[C@H](c3ccc(Cl)cc3)c3ccccc3[C@@H]2C1.Cl.Cl.c1ccc(C2CNCCN2)cc1. The maximum atomic E-state index is 6.06. The number of hydrogen-bond donors (Lipinski definition) is 2. The van der Waals surface area contributed by atoms with Gasteiger partial charge in [0, 0.05) is 68.8 Å². The van der Waals surface area contributed by atoms with E-state index in [1.54, 1.807) is 0 Å². The number of fused-ring (bicyclic) bond motifs is 3. The van der Waals surface area contributed by atoms with Gasteiger partial charge in [-0.25, -0.2) is 0 Å². The van der Waals surface area contributed by atoms with Crippen LogP contribution >= 0.6 is 36.4 Å². The Kier molecular flexibility index (Phi) is 11.1. The molecule has 194 valence electrons. The zero-order chi connectivity index (χ0) is 23.3. The van der Waals surface area contributed by atoms with Crippen LogP contribution in [0.3, 0.4) is 0 Å². The van der Waals surface area contributed by atoms with Gasteiger partial charge in [0.05, 0.1) is 0 Å². The molecular weight excluding hydrogens is 511 g/mol. The molecule has 0 aliphatic carbocycles. The second-order valence-electron chi connectivity index (χ2n) is 9.63. The molecular formula is C29H37Cl3N4. The second kappa shape index (κ2) is 13.8. The van der Waals surface area contributed by atoms with Gasteiger partial charge in [-0.1, -0.05) is 78.3 Å². The van der Waals surface area contributed by atoms with E-state index in [1.807, 2.05) is 12.1 Å².